The zero-order valence-corrected chi connectivity index (χ0v) is 11.7. The van der Waals surface area contributed by atoms with E-state index in [2.05, 4.69) is 0 Å². The fraction of sp³-hybridized carbons (Fsp3) is 0.786. The number of rotatable bonds is 6. The Hall–Kier alpha value is -1.59. The minimum absolute atomic E-state index is 0.0316. The molecule has 6 heteroatoms. The van der Waals surface area contributed by atoms with Crippen LogP contribution in [0.2, 0.25) is 0 Å². The van der Waals surface area contributed by atoms with E-state index in [9.17, 15) is 14.4 Å². The highest BCUT2D eigenvalue weighted by Gasteiger charge is 2.33. The van der Waals surface area contributed by atoms with Crippen LogP contribution in [0.5, 0.6) is 0 Å². The van der Waals surface area contributed by atoms with Gasteiger partial charge in [0.2, 0.25) is 11.8 Å². The van der Waals surface area contributed by atoms with Gasteiger partial charge in [0, 0.05) is 25.6 Å². The Bertz CT molecular complexity index is 393. The lowest BCUT2D eigenvalue weighted by molar-refractivity contribution is -0.142. The van der Waals surface area contributed by atoms with E-state index in [1.54, 1.807) is 9.80 Å². The molecule has 2 fully saturated rings. The minimum atomic E-state index is -0.894. The minimum Gasteiger partial charge on any atom is -0.481 e. The second-order valence-corrected chi connectivity index (χ2v) is 5.59. The summed E-state index contributed by atoms with van der Waals surface area (Å²) in [6, 6.07) is 0.184. The third-order valence-corrected chi connectivity index (χ3v) is 3.87. The molecule has 2 amide bonds. The molecule has 20 heavy (non-hydrogen) atoms. The van der Waals surface area contributed by atoms with Crippen LogP contribution in [0.25, 0.3) is 0 Å². The van der Waals surface area contributed by atoms with Gasteiger partial charge in [-0.2, -0.15) is 0 Å². The number of hydrogen-bond donors (Lipinski definition) is 1. The summed E-state index contributed by atoms with van der Waals surface area (Å²) in [6.07, 6.45) is 5.24. The van der Waals surface area contributed by atoms with Crippen molar-refractivity contribution < 1.29 is 19.5 Å². The van der Waals surface area contributed by atoms with Gasteiger partial charge in [-0.15, -0.1) is 0 Å². The molecule has 0 spiro atoms. The second-order valence-electron chi connectivity index (χ2n) is 5.59. The maximum atomic E-state index is 12.3. The Morgan fingerprint density at radius 2 is 2.00 bits per heavy atom. The van der Waals surface area contributed by atoms with Crippen LogP contribution in [-0.4, -0.2) is 58.4 Å². The zero-order chi connectivity index (χ0) is 14.5. The molecule has 0 aromatic rings. The lowest BCUT2D eigenvalue weighted by atomic mass is 10.2. The Kier molecular flexibility index (Phi) is 4.98. The van der Waals surface area contributed by atoms with E-state index < -0.39 is 5.97 Å². The highest BCUT2D eigenvalue weighted by atomic mass is 16.4. The Balaban J connectivity index is 1.89. The van der Waals surface area contributed by atoms with Crippen molar-refractivity contribution in [1.29, 1.82) is 0 Å². The highest BCUT2D eigenvalue weighted by molar-refractivity contribution is 5.85. The van der Waals surface area contributed by atoms with E-state index in [0.29, 0.717) is 13.0 Å². The summed E-state index contributed by atoms with van der Waals surface area (Å²) < 4.78 is 0. The molecule has 6 nitrogen and oxygen atoms in total. The maximum Gasteiger partial charge on any atom is 0.305 e. The number of likely N-dealkylation sites (tertiary alicyclic amines) is 1. The van der Waals surface area contributed by atoms with Gasteiger partial charge in [0.05, 0.1) is 13.0 Å². The topological polar surface area (TPSA) is 77.9 Å². The van der Waals surface area contributed by atoms with Crippen molar-refractivity contribution in [3.8, 4) is 0 Å². The largest absolute Gasteiger partial charge is 0.481 e. The molecule has 112 valence electrons. The van der Waals surface area contributed by atoms with Crippen LogP contribution < -0.4 is 0 Å². The van der Waals surface area contributed by atoms with Crippen molar-refractivity contribution in [3.05, 3.63) is 0 Å². The van der Waals surface area contributed by atoms with E-state index in [-0.39, 0.29) is 37.4 Å². The molecule has 0 unspecified atom stereocenters. The molecular formula is C14H22N2O4. The quantitative estimate of drug-likeness (QED) is 0.783. The van der Waals surface area contributed by atoms with Gasteiger partial charge in [-0.3, -0.25) is 14.4 Å². The van der Waals surface area contributed by atoms with E-state index >= 15 is 0 Å². The fourth-order valence-corrected chi connectivity index (χ4v) is 2.57. The molecule has 0 bridgehead atoms. The summed E-state index contributed by atoms with van der Waals surface area (Å²) in [4.78, 5) is 38.1. The number of amides is 2. The smallest absolute Gasteiger partial charge is 0.305 e. The van der Waals surface area contributed by atoms with Gasteiger partial charge in [-0.25, -0.2) is 0 Å². The summed E-state index contributed by atoms with van der Waals surface area (Å²) in [6.45, 7) is 0.998. The molecule has 1 N–H and O–H groups in total. The first-order chi connectivity index (χ1) is 9.58. The molecule has 2 rings (SSSR count). The van der Waals surface area contributed by atoms with Crippen LogP contribution in [0.15, 0.2) is 0 Å². The van der Waals surface area contributed by atoms with Gasteiger partial charge < -0.3 is 14.9 Å². The van der Waals surface area contributed by atoms with Crippen molar-refractivity contribution in [3.63, 3.8) is 0 Å². The standard InChI is InChI=1S/C14H22N2O4/c17-12-4-2-1-3-8-15(12)10-13(18)16(11-5-6-11)9-7-14(19)20/h11H,1-10H2,(H,19,20). The monoisotopic (exact) mass is 282 g/mol. The summed E-state index contributed by atoms with van der Waals surface area (Å²) in [5, 5.41) is 8.74. The van der Waals surface area contributed by atoms with Gasteiger partial charge >= 0.3 is 5.97 Å². The number of carboxylic acids is 1. The van der Waals surface area contributed by atoms with Crippen LogP contribution in [0.4, 0.5) is 0 Å². The summed E-state index contributed by atoms with van der Waals surface area (Å²) in [5.74, 6) is -0.955. The Morgan fingerprint density at radius 1 is 1.25 bits per heavy atom. The van der Waals surface area contributed by atoms with Gasteiger partial charge in [-0.05, 0) is 25.7 Å². The lowest BCUT2D eigenvalue weighted by Gasteiger charge is -2.26. The molecule has 1 heterocycles. The number of carboxylic acid groups (broad SMARTS) is 1. The molecule has 0 aromatic carbocycles. The molecular weight excluding hydrogens is 260 g/mol. The molecule has 1 saturated heterocycles. The van der Waals surface area contributed by atoms with Gasteiger partial charge in [-0.1, -0.05) is 6.42 Å². The predicted octanol–water partition coefficient (Wildman–Crippen LogP) is 0.855. The number of aliphatic carboxylic acids is 1. The van der Waals surface area contributed by atoms with E-state index in [0.717, 1.165) is 32.1 Å². The maximum absolute atomic E-state index is 12.3. The first-order valence-corrected chi connectivity index (χ1v) is 7.37. The number of carbonyl (C=O) groups is 3. The SMILES string of the molecule is O=C(O)CCN(C(=O)CN1CCCCCC1=O)C1CC1. The molecule has 0 aromatic heterocycles. The van der Waals surface area contributed by atoms with E-state index in [1.807, 2.05) is 0 Å². The number of hydrogen-bond acceptors (Lipinski definition) is 3. The average Bonchev–Trinajstić information content (AvgIpc) is 3.20. The number of carbonyl (C=O) groups excluding carboxylic acids is 2. The predicted molar refractivity (Wildman–Crippen MR) is 72.0 cm³/mol. The number of nitrogens with zero attached hydrogens (tertiary/aromatic N) is 2. The van der Waals surface area contributed by atoms with Crippen LogP contribution in [0.1, 0.15) is 44.9 Å². The normalized spacial score (nSPS) is 19.6. The summed E-state index contributed by atoms with van der Waals surface area (Å²) in [5.41, 5.74) is 0. The van der Waals surface area contributed by atoms with E-state index in [4.69, 9.17) is 5.11 Å². The van der Waals surface area contributed by atoms with Crippen molar-refractivity contribution in [1.82, 2.24) is 9.80 Å². The molecule has 1 aliphatic carbocycles. The third kappa shape index (κ3) is 4.21. The van der Waals surface area contributed by atoms with Gasteiger partial charge in [0.15, 0.2) is 0 Å². The van der Waals surface area contributed by atoms with E-state index in [1.165, 1.54) is 0 Å². The van der Waals surface area contributed by atoms with Crippen molar-refractivity contribution in [2.75, 3.05) is 19.6 Å². The molecule has 0 radical (unpaired) electrons. The van der Waals surface area contributed by atoms with Crippen molar-refractivity contribution in [2.45, 2.75) is 51.0 Å². The summed E-state index contributed by atoms with van der Waals surface area (Å²) >= 11 is 0. The van der Waals surface area contributed by atoms with Crippen LogP contribution in [0, 0.1) is 0 Å². The lowest BCUT2D eigenvalue weighted by Crippen LogP contribution is -2.44. The zero-order valence-electron chi connectivity index (χ0n) is 11.7. The third-order valence-electron chi connectivity index (χ3n) is 3.87. The van der Waals surface area contributed by atoms with Crippen LogP contribution in [-0.2, 0) is 14.4 Å². The molecule has 2 aliphatic rings. The fourth-order valence-electron chi connectivity index (χ4n) is 2.57. The van der Waals surface area contributed by atoms with Crippen LogP contribution >= 0.6 is 0 Å². The van der Waals surface area contributed by atoms with Crippen molar-refractivity contribution in [2.24, 2.45) is 0 Å². The van der Waals surface area contributed by atoms with Gasteiger partial charge in [0.25, 0.3) is 0 Å². The Labute approximate surface area is 118 Å². The second kappa shape index (κ2) is 6.72. The first-order valence-electron chi connectivity index (χ1n) is 7.37. The van der Waals surface area contributed by atoms with Gasteiger partial charge in [0.1, 0.15) is 0 Å². The molecule has 1 aliphatic heterocycles. The molecule has 0 atom stereocenters. The molecule has 1 saturated carbocycles. The summed E-state index contributed by atoms with van der Waals surface area (Å²) in [7, 11) is 0. The highest BCUT2D eigenvalue weighted by Crippen LogP contribution is 2.27. The Morgan fingerprint density at radius 3 is 2.65 bits per heavy atom. The van der Waals surface area contributed by atoms with Crippen molar-refractivity contribution >= 4 is 17.8 Å². The van der Waals surface area contributed by atoms with Crippen LogP contribution in [0.3, 0.4) is 0 Å². The average molecular weight is 282 g/mol. The first kappa shape index (κ1) is 14.8.